The van der Waals surface area contributed by atoms with Gasteiger partial charge in [0.2, 0.25) is 0 Å². The second kappa shape index (κ2) is 10.9. The van der Waals surface area contributed by atoms with Crippen LogP contribution in [0.3, 0.4) is 0 Å². The first-order valence-electron chi connectivity index (χ1n) is 11.0. The Bertz CT molecular complexity index is 842. The minimum Gasteiger partial charge on any atom is -0.379 e. The maximum absolute atomic E-state index is 14.1. The number of morpholine rings is 1. The molecule has 0 amide bonds. The lowest BCUT2D eigenvalue weighted by Crippen LogP contribution is -2.45. The first kappa shape index (κ1) is 22.0. The Hall–Kier alpha value is -2.23. The van der Waals surface area contributed by atoms with E-state index in [-0.39, 0.29) is 17.9 Å². The smallest absolute Gasteiger partial charge is 0.191 e. The zero-order chi connectivity index (χ0) is 21.5. The van der Waals surface area contributed by atoms with E-state index in [0.717, 1.165) is 51.8 Å². The number of halogens is 1. The summed E-state index contributed by atoms with van der Waals surface area (Å²) >= 11 is 1.78. The molecule has 0 bridgehead atoms. The van der Waals surface area contributed by atoms with Gasteiger partial charge in [-0.25, -0.2) is 9.37 Å². The Balaban J connectivity index is 1.41. The lowest BCUT2D eigenvalue weighted by Gasteiger charge is -2.33. The lowest BCUT2D eigenvalue weighted by atomic mass is 10.2. The third kappa shape index (κ3) is 5.72. The Morgan fingerprint density at radius 2 is 2.19 bits per heavy atom. The number of thiophene rings is 1. The number of aliphatic imine (C=N–C) groups is 1. The highest BCUT2D eigenvalue weighted by atomic mass is 32.1. The molecule has 0 aliphatic carbocycles. The molecule has 7 nitrogen and oxygen atoms in total. The van der Waals surface area contributed by atoms with Crippen LogP contribution in [0.25, 0.3) is 0 Å². The topological polar surface area (TPSA) is 65.0 Å². The summed E-state index contributed by atoms with van der Waals surface area (Å²) < 4.78 is 19.6. The van der Waals surface area contributed by atoms with E-state index in [1.54, 1.807) is 23.6 Å². The standard InChI is InChI=1S/C22H31FN6OS/c1-2-24-22(27-17-7-9-29(16-17)21-18(23)5-3-8-25-21)26-15-19(20-6-4-14-31-20)28-10-12-30-13-11-28/h3-6,8,14,17,19H,2,7,9-13,15-16H2,1H3,(H2,24,26,27). The van der Waals surface area contributed by atoms with Crippen molar-refractivity contribution >= 4 is 23.1 Å². The first-order chi connectivity index (χ1) is 15.2. The van der Waals surface area contributed by atoms with Gasteiger partial charge in [0.15, 0.2) is 17.6 Å². The van der Waals surface area contributed by atoms with Crippen molar-refractivity contribution in [3.63, 3.8) is 0 Å². The number of hydrogen-bond acceptors (Lipinski definition) is 6. The number of rotatable bonds is 7. The highest BCUT2D eigenvalue weighted by Crippen LogP contribution is 2.26. The molecule has 2 unspecified atom stereocenters. The third-order valence-electron chi connectivity index (χ3n) is 5.69. The van der Waals surface area contributed by atoms with E-state index in [1.807, 2.05) is 4.90 Å². The van der Waals surface area contributed by atoms with Crippen LogP contribution in [-0.4, -0.2) is 74.4 Å². The maximum atomic E-state index is 14.1. The molecule has 168 valence electrons. The Morgan fingerprint density at radius 1 is 1.32 bits per heavy atom. The summed E-state index contributed by atoms with van der Waals surface area (Å²) in [6, 6.07) is 7.83. The van der Waals surface area contributed by atoms with Gasteiger partial charge in [-0.2, -0.15) is 0 Å². The first-order valence-corrected chi connectivity index (χ1v) is 11.9. The second-order valence-electron chi connectivity index (χ2n) is 7.78. The molecular weight excluding hydrogens is 415 g/mol. The van der Waals surface area contributed by atoms with Crippen LogP contribution in [0.2, 0.25) is 0 Å². The highest BCUT2D eigenvalue weighted by molar-refractivity contribution is 7.10. The van der Waals surface area contributed by atoms with Crippen molar-refractivity contribution in [3.8, 4) is 0 Å². The van der Waals surface area contributed by atoms with Gasteiger partial charge in [-0.3, -0.25) is 9.89 Å². The Morgan fingerprint density at radius 3 is 2.94 bits per heavy atom. The lowest BCUT2D eigenvalue weighted by molar-refractivity contribution is 0.0186. The molecule has 2 saturated heterocycles. The van der Waals surface area contributed by atoms with Gasteiger partial charge in [0.05, 0.1) is 25.8 Å². The summed E-state index contributed by atoms with van der Waals surface area (Å²) in [4.78, 5) is 14.9. The predicted molar refractivity (Wildman–Crippen MR) is 123 cm³/mol. The van der Waals surface area contributed by atoms with Crippen LogP contribution < -0.4 is 15.5 Å². The summed E-state index contributed by atoms with van der Waals surface area (Å²) in [7, 11) is 0. The van der Waals surface area contributed by atoms with E-state index in [1.165, 1.54) is 10.9 Å². The fraction of sp³-hybridized carbons (Fsp3) is 0.545. The van der Waals surface area contributed by atoms with Crippen molar-refractivity contribution in [2.24, 2.45) is 4.99 Å². The molecule has 2 atom stereocenters. The van der Waals surface area contributed by atoms with E-state index in [0.29, 0.717) is 18.9 Å². The number of nitrogens with zero attached hydrogens (tertiary/aromatic N) is 4. The summed E-state index contributed by atoms with van der Waals surface area (Å²) in [6.45, 7) is 8.41. The van der Waals surface area contributed by atoms with Gasteiger partial charge in [-0.15, -0.1) is 11.3 Å². The van der Waals surface area contributed by atoms with Crippen molar-refractivity contribution in [1.29, 1.82) is 0 Å². The molecule has 2 aliphatic rings. The zero-order valence-corrected chi connectivity index (χ0v) is 18.8. The third-order valence-corrected chi connectivity index (χ3v) is 6.67. The van der Waals surface area contributed by atoms with Crippen molar-refractivity contribution in [3.05, 3.63) is 46.5 Å². The van der Waals surface area contributed by atoms with Gasteiger partial charge >= 0.3 is 0 Å². The number of pyridine rings is 1. The van der Waals surface area contributed by atoms with E-state index in [4.69, 9.17) is 9.73 Å². The number of nitrogens with one attached hydrogen (secondary N) is 2. The summed E-state index contributed by atoms with van der Waals surface area (Å²) in [5, 5.41) is 9.04. The number of ether oxygens (including phenoxy) is 1. The quantitative estimate of drug-likeness (QED) is 0.503. The van der Waals surface area contributed by atoms with E-state index in [9.17, 15) is 4.39 Å². The Labute approximate surface area is 187 Å². The SMILES string of the molecule is CCNC(=NCC(c1cccs1)N1CCOCC1)NC1CCN(c2ncccc2F)C1. The van der Waals surface area contributed by atoms with Crippen molar-refractivity contribution < 1.29 is 9.13 Å². The number of anilines is 1. The normalized spacial score (nSPS) is 21.3. The molecule has 2 fully saturated rings. The Kier molecular flexibility index (Phi) is 7.71. The van der Waals surface area contributed by atoms with Crippen LogP contribution in [-0.2, 0) is 4.74 Å². The molecule has 0 radical (unpaired) electrons. The summed E-state index contributed by atoms with van der Waals surface area (Å²) in [5.74, 6) is 0.970. The van der Waals surface area contributed by atoms with Crippen LogP contribution in [0.4, 0.5) is 10.2 Å². The minimum absolute atomic E-state index is 0.197. The van der Waals surface area contributed by atoms with Crippen LogP contribution in [0.5, 0.6) is 0 Å². The summed E-state index contributed by atoms with van der Waals surface area (Å²) in [6.07, 6.45) is 2.55. The average molecular weight is 447 g/mol. The molecule has 2 aromatic rings. The molecule has 31 heavy (non-hydrogen) atoms. The molecule has 2 aliphatic heterocycles. The van der Waals surface area contributed by atoms with Crippen LogP contribution in [0.1, 0.15) is 24.3 Å². The van der Waals surface area contributed by atoms with Gasteiger partial charge < -0.3 is 20.3 Å². The van der Waals surface area contributed by atoms with Crippen LogP contribution in [0.15, 0.2) is 40.8 Å². The zero-order valence-electron chi connectivity index (χ0n) is 18.0. The van der Waals surface area contributed by atoms with Gasteiger partial charge in [0, 0.05) is 49.8 Å². The highest BCUT2D eigenvalue weighted by Gasteiger charge is 2.27. The number of guanidine groups is 1. The fourth-order valence-corrected chi connectivity index (χ4v) is 4.98. The predicted octanol–water partition coefficient (Wildman–Crippen LogP) is 2.49. The fourth-order valence-electron chi connectivity index (χ4n) is 4.13. The summed E-state index contributed by atoms with van der Waals surface area (Å²) in [5.41, 5.74) is 0. The molecule has 4 heterocycles. The van der Waals surface area contributed by atoms with E-state index in [2.05, 4.69) is 45.0 Å². The number of hydrogen-bond donors (Lipinski definition) is 2. The molecule has 0 spiro atoms. The van der Waals surface area contributed by atoms with E-state index < -0.39 is 0 Å². The van der Waals surface area contributed by atoms with Crippen molar-refractivity contribution in [2.45, 2.75) is 25.4 Å². The van der Waals surface area contributed by atoms with Gasteiger partial charge in [-0.05, 0) is 36.9 Å². The van der Waals surface area contributed by atoms with Crippen LogP contribution >= 0.6 is 11.3 Å². The maximum Gasteiger partial charge on any atom is 0.191 e. The second-order valence-corrected chi connectivity index (χ2v) is 8.76. The van der Waals surface area contributed by atoms with E-state index >= 15 is 0 Å². The van der Waals surface area contributed by atoms with Gasteiger partial charge in [0.1, 0.15) is 0 Å². The van der Waals surface area contributed by atoms with Crippen molar-refractivity contribution in [2.75, 3.05) is 57.4 Å². The monoisotopic (exact) mass is 446 g/mol. The molecule has 2 aromatic heterocycles. The molecule has 0 aromatic carbocycles. The van der Waals surface area contributed by atoms with Crippen LogP contribution in [0, 0.1) is 5.82 Å². The molecule has 4 rings (SSSR count). The molecular formula is C22H31FN6OS. The average Bonchev–Trinajstić information content (AvgIpc) is 3.48. The molecule has 2 N–H and O–H groups in total. The molecule has 9 heteroatoms. The minimum atomic E-state index is -0.270. The number of aromatic nitrogens is 1. The largest absolute Gasteiger partial charge is 0.379 e. The van der Waals surface area contributed by atoms with Crippen molar-refractivity contribution in [1.82, 2.24) is 20.5 Å². The van der Waals surface area contributed by atoms with Gasteiger partial charge in [-0.1, -0.05) is 6.07 Å². The molecule has 0 saturated carbocycles. The van der Waals surface area contributed by atoms with Gasteiger partial charge in [0.25, 0.3) is 0 Å².